The summed E-state index contributed by atoms with van der Waals surface area (Å²) < 4.78 is 47.3. The van der Waals surface area contributed by atoms with Gasteiger partial charge >= 0.3 is 6.01 Å². The van der Waals surface area contributed by atoms with E-state index in [1.807, 2.05) is 20.8 Å². The molecule has 182 valence electrons. The number of carbonyl (C=O) groups excluding carboxylic acids is 1. The Bertz CT molecular complexity index is 1180. The molecule has 1 amide bonds. The van der Waals surface area contributed by atoms with Gasteiger partial charge in [0.2, 0.25) is 17.5 Å². The predicted octanol–water partition coefficient (Wildman–Crippen LogP) is 3.49. The van der Waals surface area contributed by atoms with Crippen molar-refractivity contribution < 1.29 is 31.8 Å². The maximum Gasteiger partial charge on any atom is 0.322 e. The number of amides is 1. The third-order valence-corrected chi connectivity index (χ3v) is 5.88. The first-order valence-corrected chi connectivity index (χ1v) is 12.6. The van der Waals surface area contributed by atoms with Gasteiger partial charge < -0.3 is 18.6 Å². The van der Waals surface area contributed by atoms with Crippen LogP contribution in [0.5, 0.6) is 17.2 Å². The molecule has 0 spiro atoms. The molecule has 1 heterocycles. The maximum absolute atomic E-state index is 12.3. The van der Waals surface area contributed by atoms with Crippen molar-refractivity contribution in [2.75, 3.05) is 30.9 Å². The smallest absolute Gasteiger partial charge is 0.322 e. The van der Waals surface area contributed by atoms with Crippen molar-refractivity contribution >= 4 is 21.8 Å². The molecule has 0 bridgehead atoms. The molecule has 0 aliphatic heterocycles. The van der Waals surface area contributed by atoms with E-state index < -0.39 is 21.5 Å². The van der Waals surface area contributed by atoms with Crippen molar-refractivity contribution in [2.24, 2.45) is 0 Å². The number of ether oxygens (including phenoxy) is 3. The Kier molecular flexibility index (Phi) is 8.47. The molecule has 3 rings (SSSR count). The van der Waals surface area contributed by atoms with Gasteiger partial charge in [-0.15, -0.1) is 5.10 Å². The highest BCUT2D eigenvalue weighted by atomic mass is 32.2. The summed E-state index contributed by atoms with van der Waals surface area (Å²) >= 11 is 0. The fraction of sp³-hybridized carbons (Fsp3) is 0.348. The molecule has 34 heavy (non-hydrogen) atoms. The van der Waals surface area contributed by atoms with Gasteiger partial charge in [-0.3, -0.25) is 10.1 Å². The van der Waals surface area contributed by atoms with E-state index in [2.05, 4.69) is 15.5 Å². The van der Waals surface area contributed by atoms with Crippen molar-refractivity contribution in [3.63, 3.8) is 0 Å². The minimum absolute atomic E-state index is 0.0902. The van der Waals surface area contributed by atoms with Crippen LogP contribution in [0.15, 0.2) is 46.9 Å². The van der Waals surface area contributed by atoms with Crippen LogP contribution in [0.1, 0.15) is 26.3 Å². The predicted molar refractivity (Wildman–Crippen MR) is 126 cm³/mol. The van der Waals surface area contributed by atoms with Crippen LogP contribution in [0.25, 0.3) is 11.5 Å². The molecular formula is C23H27N3O7S. The molecule has 1 N–H and O–H groups in total. The van der Waals surface area contributed by atoms with Crippen LogP contribution in [-0.4, -0.2) is 50.1 Å². The Morgan fingerprint density at radius 3 is 2.15 bits per heavy atom. The van der Waals surface area contributed by atoms with Gasteiger partial charge in [-0.05, 0) is 38.5 Å². The largest absolute Gasteiger partial charge is 0.490 e. The van der Waals surface area contributed by atoms with E-state index in [4.69, 9.17) is 18.6 Å². The summed E-state index contributed by atoms with van der Waals surface area (Å²) in [6, 6.07) is 11.7. The number of rotatable bonds is 12. The average Bonchev–Trinajstić information content (AvgIpc) is 3.24. The number of hydrogen-bond acceptors (Lipinski definition) is 9. The summed E-state index contributed by atoms with van der Waals surface area (Å²) in [5.41, 5.74) is 1.08. The van der Waals surface area contributed by atoms with Crippen molar-refractivity contribution in [1.29, 1.82) is 0 Å². The summed E-state index contributed by atoms with van der Waals surface area (Å²) in [4.78, 5) is 12.3. The van der Waals surface area contributed by atoms with Gasteiger partial charge in [0, 0.05) is 5.56 Å². The number of carbonyl (C=O) groups is 1. The molecule has 0 fully saturated rings. The van der Waals surface area contributed by atoms with Crippen LogP contribution in [0, 0.1) is 0 Å². The van der Waals surface area contributed by atoms with Gasteiger partial charge in [0.05, 0.1) is 25.6 Å². The lowest BCUT2D eigenvalue weighted by Crippen LogP contribution is -2.24. The van der Waals surface area contributed by atoms with Gasteiger partial charge in [0.25, 0.3) is 0 Å². The number of nitrogens with one attached hydrogen (secondary N) is 1. The number of sulfone groups is 1. The Balaban J connectivity index is 1.76. The number of aromatic nitrogens is 2. The SMILES string of the molecule is CCOc1cc(-c2nnc(NC(=O)CS(=O)(=O)Cc3ccccc3)o2)cc(OCC)c1OCC. The molecule has 0 atom stereocenters. The van der Waals surface area contributed by atoms with E-state index in [9.17, 15) is 13.2 Å². The van der Waals surface area contributed by atoms with Gasteiger partial charge in [-0.1, -0.05) is 35.4 Å². The van der Waals surface area contributed by atoms with Crippen molar-refractivity contribution in [1.82, 2.24) is 10.2 Å². The van der Waals surface area contributed by atoms with Crippen LogP contribution < -0.4 is 19.5 Å². The fourth-order valence-corrected chi connectivity index (χ4v) is 4.41. The average molecular weight is 490 g/mol. The van der Waals surface area contributed by atoms with Gasteiger partial charge in [0.1, 0.15) is 5.75 Å². The van der Waals surface area contributed by atoms with Crippen LogP contribution in [0.3, 0.4) is 0 Å². The highest BCUT2D eigenvalue weighted by Crippen LogP contribution is 2.41. The minimum atomic E-state index is -3.68. The van der Waals surface area contributed by atoms with Gasteiger partial charge in [-0.25, -0.2) is 8.42 Å². The zero-order valence-electron chi connectivity index (χ0n) is 19.2. The summed E-state index contributed by atoms with van der Waals surface area (Å²) in [6.07, 6.45) is 0. The van der Waals surface area contributed by atoms with E-state index in [0.717, 1.165) is 0 Å². The lowest BCUT2D eigenvalue weighted by Gasteiger charge is -2.16. The summed E-state index contributed by atoms with van der Waals surface area (Å²) in [6.45, 7) is 6.76. The molecule has 0 radical (unpaired) electrons. The Morgan fingerprint density at radius 1 is 0.941 bits per heavy atom. The number of benzene rings is 2. The second-order valence-corrected chi connectivity index (χ2v) is 9.14. The van der Waals surface area contributed by atoms with Crippen molar-refractivity contribution in [2.45, 2.75) is 26.5 Å². The molecule has 1 aromatic heterocycles. The van der Waals surface area contributed by atoms with Crippen LogP contribution in [-0.2, 0) is 20.4 Å². The molecule has 11 heteroatoms. The Labute approximate surface area is 198 Å². The summed E-state index contributed by atoms with van der Waals surface area (Å²) in [5, 5.41) is 10.1. The van der Waals surface area contributed by atoms with Crippen molar-refractivity contribution in [3.05, 3.63) is 48.0 Å². The lowest BCUT2D eigenvalue weighted by atomic mass is 10.2. The first-order chi connectivity index (χ1) is 16.3. The Morgan fingerprint density at radius 2 is 1.56 bits per heavy atom. The molecule has 10 nitrogen and oxygen atoms in total. The molecule has 2 aromatic carbocycles. The first kappa shape index (κ1) is 25.0. The molecular weight excluding hydrogens is 462 g/mol. The first-order valence-electron chi connectivity index (χ1n) is 10.8. The highest BCUT2D eigenvalue weighted by molar-refractivity contribution is 7.91. The summed E-state index contributed by atoms with van der Waals surface area (Å²) in [5.74, 6) is -0.293. The van der Waals surface area contributed by atoms with Crippen LogP contribution >= 0.6 is 0 Å². The topological polar surface area (TPSA) is 130 Å². The molecule has 0 unspecified atom stereocenters. The van der Waals surface area contributed by atoms with Crippen LogP contribution in [0.2, 0.25) is 0 Å². The second-order valence-electron chi connectivity index (χ2n) is 7.08. The second kappa shape index (κ2) is 11.5. The van der Waals surface area contributed by atoms with Gasteiger partial charge in [0.15, 0.2) is 21.3 Å². The standard InChI is InChI=1S/C23H27N3O7S/c1-4-30-18-12-17(13-19(31-5-2)21(18)32-6-3)22-25-26-23(33-22)24-20(27)15-34(28,29)14-16-10-8-7-9-11-16/h7-13H,4-6,14-15H2,1-3H3,(H,24,26,27). The molecule has 0 aliphatic carbocycles. The van der Waals surface area contributed by atoms with E-state index >= 15 is 0 Å². The normalized spacial score (nSPS) is 11.1. The zero-order valence-corrected chi connectivity index (χ0v) is 20.1. The van der Waals surface area contributed by atoms with E-state index in [1.54, 1.807) is 42.5 Å². The van der Waals surface area contributed by atoms with Gasteiger partial charge in [-0.2, -0.15) is 0 Å². The minimum Gasteiger partial charge on any atom is -0.490 e. The highest BCUT2D eigenvalue weighted by Gasteiger charge is 2.21. The van der Waals surface area contributed by atoms with E-state index in [-0.39, 0.29) is 17.7 Å². The molecule has 0 aliphatic rings. The summed E-state index contributed by atoms with van der Waals surface area (Å²) in [7, 11) is -3.68. The molecule has 3 aromatic rings. The quantitative estimate of drug-likeness (QED) is 0.406. The third-order valence-electron chi connectivity index (χ3n) is 4.41. The van der Waals surface area contributed by atoms with E-state index in [1.165, 1.54) is 0 Å². The lowest BCUT2D eigenvalue weighted by molar-refractivity contribution is -0.114. The third kappa shape index (κ3) is 6.70. The Hall–Kier alpha value is -3.60. The molecule has 0 saturated carbocycles. The monoisotopic (exact) mass is 489 g/mol. The zero-order chi connectivity index (χ0) is 24.6. The number of hydrogen-bond donors (Lipinski definition) is 1. The number of anilines is 1. The van der Waals surface area contributed by atoms with Crippen LogP contribution in [0.4, 0.5) is 6.01 Å². The van der Waals surface area contributed by atoms with Crippen molar-refractivity contribution in [3.8, 4) is 28.7 Å². The number of nitrogens with zero attached hydrogens (tertiary/aromatic N) is 2. The molecule has 0 saturated heterocycles. The fourth-order valence-electron chi connectivity index (χ4n) is 3.14. The van der Waals surface area contributed by atoms with E-state index in [0.29, 0.717) is 48.2 Å². The maximum atomic E-state index is 12.3.